The van der Waals surface area contributed by atoms with Crippen LogP contribution in [-0.2, 0) is 6.54 Å². The van der Waals surface area contributed by atoms with Crippen LogP contribution < -0.4 is 0 Å². The normalized spacial score (nSPS) is 21.8. The topological polar surface area (TPSA) is 43.7 Å². The number of nitrogens with zero attached hydrogens (tertiary/aromatic N) is 1. The fraction of sp³-hybridized carbons (Fsp3) is 0.368. The van der Waals surface area contributed by atoms with Crippen LogP contribution in [0.15, 0.2) is 42.5 Å². The molecule has 0 aliphatic carbocycles. The number of aromatic hydroxyl groups is 1. The maximum Gasteiger partial charge on any atom is 0.121 e. The number of likely N-dealkylation sites (tertiary alicyclic amines) is 1. The summed E-state index contributed by atoms with van der Waals surface area (Å²) >= 11 is 12.1. The summed E-state index contributed by atoms with van der Waals surface area (Å²) in [6.07, 6.45) is 1.85. The van der Waals surface area contributed by atoms with Crippen molar-refractivity contribution in [3.05, 3.63) is 63.6 Å². The van der Waals surface area contributed by atoms with Crippen LogP contribution in [0.5, 0.6) is 5.75 Å². The highest BCUT2D eigenvalue weighted by molar-refractivity contribution is 6.42. The van der Waals surface area contributed by atoms with Crippen LogP contribution in [0.25, 0.3) is 0 Å². The highest BCUT2D eigenvalue weighted by Gasteiger charge is 2.29. The molecule has 3 nitrogen and oxygen atoms in total. The van der Waals surface area contributed by atoms with E-state index in [0.29, 0.717) is 22.5 Å². The van der Waals surface area contributed by atoms with Gasteiger partial charge in [-0.2, -0.15) is 0 Å². The minimum atomic E-state index is 0.167. The molecule has 128 valence electrons. The average Bonchev–Trinajstić information content (AvgIpc) is 2.60. The van der Waals surface area contributed by atoms with Gasteiger partial charge in [-0.05, 0) is 36.9 Å². The monoisotopic (exact) mass is 365 g/mol. The van der Waals surface area contributed by atoms with Crippen molar-refractivity contribution in [1.29, 1.82) is 0 Å². The third-order valence-electron chi connectivity index (χ3n) is 4.76. The summed E-state index contributed by atoms with van der Waals surface area (Å²) in [5, 5.41) is 20.6. The van der Waals surface area contributed by atoms with Gasteiger partial charge >= 0.3 is 0 Å². The van der Waals surface area contributed by atoms with E-state index < -0.39 is 0 Å². The van der Waals surface area contributed by atoms with Crippen LogP contribution in [0.4, 0.5) is 0 Å². The Morgan fingerprint density at radius 1 is 1.08 bits per heavy atom. The lowest BCUT2D eigenvalue weighted by Gasteiger charge is -2.39. The molecule has 0 aromatic heterocycles. The quantitative estimate of drug-likeness (QED) is 0.828. The number of hydrogen-bond acceptors (Lipinski definition) is 3. The Morgan fingerprint density at radius 2 is 1.79 bits per heavy atom. The van der Waals surface area contributed by atoms with Gasteiger partial charge in [0, 0.05) is 30.8 Å². The molecule has 0 bridgehead atoms. The maximum absolute atomic E-state index is 10.2. The molecule has 3 rings (SSSR count). The SMILES string of the molecule is OC[C@@H]1CCN(Cc2cc(Cl)c(Cl)cc2O)[C@@H](c2ccccc2)C1. The van der Waals surface area contributed by atoms with Gasteiger partial charge in [-0.3, -0.25) is 4.90 Å². The lowest BCUT2D eigenvalue weighted by molar-refractivity contribution is 0.0742. The van der Waals surface area contributed by atoms with Gasteiger partial charge < -0.3 is 10.2 Å². The summed E-state index contributed by atoms with van der Waals surface area (Å²) in [5.74, 6) is 0.481. The third-order valence-corrected chi connectivity index (χ3v) is 5.48. The van der Waals surface area contributed by atoms with Gasteiger partial charge in [0.15, 0.2) is 0 Å². The summed E-state index contributed by atoms with van der Waals surface area (Å²) in [7, 11) is 0. The van der Waals surface area contributed by atoms with Crippen LogP contribution in [0.3, 0.4) is 0 Å². The molecule has 2 N–H and O–H groups in total. The fourth-order valence-corrected chi connectivity index (χ4v) is 3.73. The highest BCUT2D eigenvalue weighted by Crippen LogP contribution is 2.37. The van der Waals surface area contributed by atoms with Crippen molar-refractivity contribution in [2.24, 2.45) is 5.92 Å². The third kappa shape index (κ3) is 3.86. The van der Waals surface area contributed by atoms with Crippen molar-refractivity contribution in [3.63, 3.8) is 0 Å². The summed E-state index contributed by atoms with van der Waals surface area (Å²) in [4.78, 5) is 2.33. The molecule has 1 aliphatic rings. The molecule has 1 heterocycles. The van der Waals surface area contributed by atoms with Gasteiger partial charge in [0.25, 0.3) is 0 Å². The molecule has 2 aromatic carbocycles. The lowest BCUT2D eigenvalue weighted by Crippen LogP contribution is -2.37. The van der Waals surface area contributed by atoms with E-state index in [0.717, 1.165) is 24.9 Å². The summed E-state index contributed by atoms with van der Waals surface area (Å²) in [6, 6.07) is 13.8. The molecular formula is C19H21Cl2NO2. The molecular weight excluding hydrogens is 345 g/mol. The number of aliphatic hydroxyl groups is 1. The smallest absolute Gasteiger partial charge is 0.121 e. The van der Waals surface area contributed by atoms with Crippen molar-refractivity contribution in [2.75, 3.05) is 13.2 Å². The molecule has 0 radical (unpaired) electrons. The van der Waals surface area contributed by atoms with E-state index >= 15 is 0 Å². The predicted octanol–water partition coefficient (Wildman–Crippen LogP) is 4.64. The molecule has 0 saturated carbocycles. The Labute approximate surface area is 152 Å². The first-order valence-corrected chi connectivity index (χ1v) is 8.90. The number of aliphatic hydroxyl groups excluding tert-OH is 1. The Morgan fingerprint density at radius 3 is 2.50 bits per heavy atom. The molecule has 2 aromatic rings. The second kappa shape index (κ2) is 7.75. The minimum absolute atomic E-state index is 0.167. The fourth-order valence-electron chi connectivity index (χ4n) is 3.39. The lowest BCUT2D eigenvalue weighted by atomic mass is 9.87. The maximum atomic E-state index is 10.2. The molecule has 0 unspecified atom stereocenters. The van der Waals surface area contributed by atoms with Crippen molar-refractivity contribution in [3.8, 4) is 5.75 Å². The molecule has 0 amide bonds. The van der Waals surface area contributed by atoms with E-state index in [9.17, 15) is 10.2 Å². The molecule has 0 spiro atoms. The average molecular weight is 366 g/mol. The van der Waals surface area contributed by atoms with Crippen LogP contribution >= 0.6 is 23.2 Å². The Bertz CT molecular complexity index is 693. The second-order valence-corrected chi connectivity index (χ2v) is 7.18. The molecule has 1 saturated heterocycles. The van der Waals surface area contributed by atoms with Gasteiger partial charge in [0.05, 0.1) is 10.0 Å². The summed E-state index contributed by atoms with van der Waals surface area (Å²) in [5.41, 5.74) is 2.00. The van der Waals surface area contributed by atoms with E-state index in [2.05, 4.69) is 17.0 Å². The zero-order valence-electron chi connectivity index (χ0n) is 13.3. The minimum Gasteiger partial charge on any atom is -0.508 e. The summed E-state index contributed by atoms with van der Waals surface area (Å²) < 4.78 is 0. The van der Waals surface area contributed by atoms with E-state index in [4.69, 9.17) is 23.2 Å². The van der Waals surface area contributed by atoms with E-state index in [1.807, 2.05) is 18.2 Å². The molecule has 1 aliphatic heterocycles. The number of piperidine rings is 1. The number of phenols is 1. The number of benzene rings is 2. The first-order chi connectivity index (χ1) is 11.6. The molecule has 24 heavy (non-hydrogen) atoms. The molecule has 5 heteroatoms. The first-order valence-electron chi connectivity index (χ1n) is 8.15. The van der Waals surface area contributed by atoms with E-state index in [1.165, 1.54) is 11.6 Å². The number of hydrogen-bond donors (Lipinski definition) is 2. The Kier molecular flexibility index (Phi) is 5.67. The summed E-state index contributed by atoms with van der Waals surface area (Å²) in [6.45, 7) is 1.68. The van der Waals surface area contributed by atoms with E-state index in [-0.39, 0.29) is 18.4 Å². The Hall–Kier alpha value is -1.26. The standard InChI is InChI=1S/C19H21Cl2NO2/c20-16-9-15(19(24)10-17(16)21)11-22-7-6-13(12-23)8-18(22)14-4-2-1-3-5-14/h1-5,9-10,13,18,23-24H,6-8,11-12H2/t13-,18-/m1/s1. The van der Waals surface area contributed by atoms with Crippen molar-refractivity contribution < 1.29 is 10.2 Å². The van der Waals surface area contributed by atoms with Crippen molar-refractivity contribution >= 4 is 23.2 Å². The van der Waals surface area contributed by atoms with E-state index in [1.54, 1.807) is 6.07 Å². The van der Waals surface area contributed by atoms with Crippen LogP contribution in [0, 0.1) is 5.92 Å². The first kappa shape index (κ1) is 17.6. The van der Waals surface area contributed by atoms with Gasteiger partial charge in [-0.15, -0.1) is 0 Å². The highest BCUT2D eigenvalue weighted by atomic mass is 35.5. The molecule has 2 atom stereocenters. The van der Waals surface area contributed by atoms with Gasteiger partial charge in [-0.25, -0.2) is 0 Å². The number of phenolic OH excluding ortho intramolecular Hbond substituents is 1. The van der Waals surface area contributed by atoms with Crippen molar-refractivity contribution in [2.45, 2.75) is 25.4 Å². The van der Waals surface area contributed by atoms with Gasteiger partial charge in [0.1, 0.15) is 5.75 Å². The van der Waals surface area contributed by atoms with Crippen LogP contribution in [-0.4, -0.2) is 28.3 Å². The van der Waals surface area contributed by atoms with Gasteiger partial charge in [0.2, 0.25) is 0 Å². The second-order valence-electron chi connectivity index (χ2n) is 6.36. The zero-order chi connectivity index (χ0) is 17.1. The number of rotatable bonds is 4. The molecule has 1 fully saturated rings. The number of halogens is 2. The zero-order valence-corrected chi connectivity index (χ0v) is 14.8. The van der Waals surface area contributed by atoms with Crippen LogP contribution in [0.2, 0.25) is 10.0 Å². The van der Waals surface area contributed by atoms with Gasteiger partial charge in [-0.1, -0.05) is 53.5 Å². The van der Waals surface area contributed by atoms with Crippen LogP contribution in [0.1, 0.15) is 30.0 Å². The largest absolute Gasteiger partial charge is 0.508 e. The van der Waals surface area contributed by atoms with Crippen molar-refractivity contribution in [1.82, 2.24) is 4.90 Å². The Balaban J connectivity index is 1.86. The predicted molar refractivity (Wildman–Crippen MR) is 97.5 cm³/mol.